The number of carbonyl (C=O) groups excluding carboxylic acids is 1. The second kappa shape index (κ2) is 7.14. The molecule has 7 heteroatoms. The van der Waals surface area contributed by atoms with Gasteiger partial charge < -0.3 is 15.0 Å². The van der Waals surface area contributed by atoms with Crippen molar-refractivity contribution >= 4 is 23.1 Å². The van der Waals surface area contributed by atoms with Gasteiger partial charge in [-0.25, -0.2) is 4.79 Å². The summed E-state index contributed by atoms with van der Waals surface area (Å²) in [6.45, 7) is 3.88. The van der Waals surface area contributed by atoms with Gasteiger partial charge in [-0.1, -0.05) is 0 Å². The van der Waals surface area contributed by atoms with E-state index in [4.69, 9.17) is 4.74 Å². The molecule has 0 aliphatic carbocycles. The molecule has 0 aromatic carbocycles. The summed E-state index contributed by atoms with van der Waals surface area (Å²) in [5.41, 5.74) is 2.71. The molecule has 2 amide bonds. The first-order valence-corrected chi connectivity index (χ1v) is 8.75. The van der Waals surface area contributed by atoms with Crippen LogP contribution in [0.1, 0.15) is 24.1 Å². The van der Waals surface area contributed by atoms with E-state index in [1.807, 2.05) is 30.4 Å². The normalized spacial score (nSPS) is 17.4. The molecule has 0 spiro atoms. The van der Waals surface area contributed by atoms with Crippen molar-refractivity contribution in [1.29, 1.82) is 0 Å². The van der Waals surface area contributed by atoms with Crippen molar-refractivity contribution in [3.05, 3.63) is 34.3 Å². The highest BCUT2D eigenvalue weighted by Crippen LogP contribution is 2.18. The first-order chi connectivity index (χ1) is 11.1. The molecule has 1 N–H and O–H groups in total. The van der Waals surface area contributed by atoms with Crippen LogP contribution in [0.2, 0.25) is 0 Å². The molecule has 2 aromatic rings. The maximum absolute atomic E-state index is 12.7. The van der Waals surface area contributed by atoms with Crippen molar-refractivity contribution < 1.29 is 9.53 Å². The molecule has 1 fully saturated rings. The number of thiophene rings is 1. The van der Waals surface area contributed by atoms with Crippen LogP contribution < -0.4 is 5.32 Å². The van der Waals surface area contributed by atoms with Crippen molar-refractivity contribution in [1.82, 2.24) is 14.7 Å². The molecule has 2 aromatic heterocycles. The van der Waals surface area contributed by atoms with Crippen LogP contribution in [0.4, 0.5) is 10.5 Å². The van der Waals surface area contributed by atoms with Crippen LogP contribution in [-0.2, 0) is 18.3 Å². The van der Waals surface area contributed by atoms with E-state index in [1.54, 1.807) is 16.0 Å². The van der Waals surface area contributed by atoms with E-state index >= 15 is 0 Å². The minimum atomic E-state index is -0.109. The summed E-state index contributed by atoms with van der Waals surface area (Å²) >= 11 is 1.64. The molecule has 0 bridgehead atoms. The van der Waals surface area contributed by atoms with Crippen LogP contribution >= 0.6 is 11.3 Å². The van der Waals surface area contributed by atoms with Gasteiger partial charge in [0.15, 0.2) is 0 Å². The molecular weight excluding hydrogens is 312 g/mol. The Morgan fingerprint density at radius 3 is 3.09 bits per heavy atom. The number of nitrogens with zero attached hydrogens (tertiary/aromatic N) is 3. The number of aryl methyl sites for hydroxylation is 2. The topological polar surface area (TPSA) is 59.4 Å². The molecule has 1 aliphatic heterocycles. The molecule has 0 radical (unpaired) electrons. The van der Waals surface area contributed by atoms with Crippen molar-refractivity contribution in [3.8, 4) is 0 Å². The van der Waals surface area contributed by atoms with Gasteiger partial charge in [0, 0.05) is 32.9 Å². The van der Waals surface area contributed by atoms with Crippen molar-refractivity contribution in [2.24, 2.45) is 7.05 Å². The zero-order valence-corrected chi connectivity index (χ0v) is 14.3. The minimum absolute atomic E-state index is 0.109. The minimum Gasteiger partial charge on any atom is -0.376 e. The van der Waals surface area contributed by atoms with Gasteiger partial charge in [-0.05, 0) is 42.2 Å². The van der Waals surface area contributed by atoms with Gasteiger partial charge in [0.05, 0.1) is 17.5 Å². The highest BCUT2D eigenvalue weighted by molar-refractivity contribution is 7.07. The summed E-state index contributed by atoms with van der Waals surface area (Å²) in [6.07, 6.45) is 4.04. The second-order valence-corrected chi connectivity index (χ2v) is 6.66. The molecular formula is C16H22N4O2S. The number of hydrogen-bond acceptors (Lipinski definition) is 4. The van der Waals surface area contributed by atoms with Gasteiger partial charge in [0.2, 0.25) is 0 Å². The number of rotatable bonds is 5. The predicted molar refractivity (Wildman–Crippen MR) is 90.7 cm³/mol. The Morgan fingerprint density at radius 2 is 2.48 bits per heavy atom. The number of urea groups is 1. The summed E-state index contributed by atoms with van der Waals surface area (Å²) in [5.74, 6) is 0. The lowest BCUT2D eigenvalue weighted by Crippen LogP contribution is -2.39. The Morgan fingerprint density at radius 1 is 1.61 bits per heavy atom. The number of amides is 2. The number of carbonyl (C=O) groups is 1. The van der Waals surface area contributed by atoms with Crippen LogP contribution in [-0.4, -0.2) is 40.0 Å². The van der Waals surface area contributed by atoms with E-state index in [9.17, 15) is 4.79 Å². The van der Waals surface area contributed by atoms with Gasteiger partial charge in [0.1, 0.15) is 0 Å². The van der Waals surface area contributed by atoms with Crippen LogP contribution in [0.3, 0.4) is 0 Å². The van der Waals surface area contributed by atoms with Gasteiger partial charge in [-0.2, -0.15) is 16.4 Å². The number of nitrogens with one attached hydrogen (secondary N) is 1. The van der Waals surface area contributed by atoms with E-state index in [0.717, 1.165) is 36.4 Å². The first kappa shape index (κ1) is 16.0. The molecule has 1 saturated heterocycles. The predicted octanol–water partition coefficient (Wildman–Crippen LogP) is 3.00. The lowest BCUT2D eigenvalue weighted by molar-refractivity contribution is 0.0819. The molecule has 6 nitrogen and oxygen atoms in total. The van der Waals surface area contributed by atoms with Gasteiger partial charge in [-0.3, -0.25) is 4.68 Å². The molecule has 23 heavy (non-hydrogen) atoms. The summed E-state index contributed by atoms with van der Waals surface area (Å²) in [5, 5.41) is 11.3. The van der Waals surface area contributed by atoms with E-state index in [0.29, 0.717) is 13.1 Å². The van der Waals surface area contributed by atoms with Crippen LogP contribution in [0.5, 0.6) is 0 Å². The zero-order valence-electron chi connectivity index (χ0n) is 13.5. The van der Waals surface area contributed by atoms with Gasteiger partial charge in [-0.15, -0.1) is 0 Å². The number of aromatic nitrogens is 2. The molecule has 3 heterocycles. The quantitative estimate of drug-likeness (QED) is 0.914. The number of hydrogen-bond donors (Lipinski definition) is 1. The molecule has 1 aliphatic rings. The molecule has 0 saturated carbocycles. The van der Waals surface area contributed by atoms with Crippen molar-refractivity contribution in [2.75, 3.05) is 18.5 Å². The fourth-order valence-corrected chi connectivity index (χ4v) is 3.43. The lowest BCUT2D eigenvalue weighted by atomic mass is 10.2. The van der Waals surface area contributed by atoms with E-state index < -0.39 is 0 Å². The Labute approximate surface area is 140 Å². The van der Waals surface area contributed by atoms with Crippen molar-refractivity contribution in [2.45, 2.75) is 32.4 Å². The lowest BCUT2D eigenvalue weighted by Gasteiger charge is -2.25. The second-order valence-electron chi connectivity index (χ2n) is 5.88. The third kappa shape index (κ3) is 4.11. The summed E-state index contributed by atoms with van der Waals surface area (Å²) < 4.78 is 7.40. The molecule has 3 rings (SSSR count). The zero-order chi connectivity index (χ0) is 16.2. The Hall–Kier alpha value is -1.86. The Kier molecular flexibility index (Phi) is 4.97. The highest BCUT2D eigenvalue weighted by Gasteiger charge is 2.23. The highest BCUT2D eigenvalue weighted by atomic mass is 32.1. The standard InChI is InChI=1S/C16H22N4O2S/c1-12-15(10-19(2)18-12)17-16(21)20(8-13-5-7-23-11-13)9-14-4-3-6-22-14/h5,7,10-11,14H,3-4,6,8-9H2,1-2H3,(H,17,21). The summed E-state index contributed by atoms with van der Waals surface area (Å²) in [6, 6.07) is 1.94. The Balaban J connectivity index is 1.70. The third-order valence-corrected chi connectivity index (χ3v) is 4.68. The van der Waals surface area contributed by atoms with Crippen molar-refractivity contribution in [3.63, 3.8) is 0 Å². The molecule has 124 valence electrons. The maximum atomic E-state index is 12.7. The first-order valence-electron chi connectivity index (χ1n) is 7.80. The van der Waals surface area contributed by atoms with Gasteiger partial charge in [0.25, 0.3) is 0 Å². The third-order valence-electron chi connectivity index (χ3n) is 3.94. The maximum Gasteiger partial charge on any atom is 0.322 e. The largest absolute Gasteiger partial charge is 0.376 e. The van der Waals surface area contributed by atoms with Crippen LogP contribution in [0, 0.1) is 6.92 Å². The fraction of sp³-hybridized carbons (Fsp3) is 0.500. The number of anilines is 1. The SMILES string of the molecule is Cc1nn(C)cc1NC(=O)N(Cc1ccsc1)CC1CCCO1. The van der Waals surface area contributed by atoms with Gasteiger partial charge >= 0.3 is 6.03 Å². The average molecular weight is 334 g/mol. The monoisotopic (exact) mass is 334 g/mol. The Bertz CT molecular complexity index is 647. The van der Waals surface area contributed by atoms with Crippen LogP contribution in [0.25, 0.3) is 0 Å². The van der Waals surface area contributed by atoms with E-state index in [2.05, 4.69) is 21.9 Å². The molecule has 1 unspecified atom stereocenters. The van der Waals surface area contributed by atoms with E-state index in [1.165, 1.54) is 0 Å². The van der Waals surface area contributed by atoms with E-state index in [-0.39, 0.29) is 12.1 Å². The summed E-state index contributed by atoms with van der Waals surface area (Å²) in [7, 11) is 1.85. The molecule has 1 atom stereocenters. The smallest absolute Gasteiger partial charge is 0.322 e. The fourth-order valence-electron chi connectivity index (χ4n) is 2.77. The summed E-state index contributed by atoms with van der Waals surface area (Å²) in [4.78, 5) is 14.5. The van der Waals surface area contributed by atoms with Crippen LogP contribution in [0.15, 0.2) is 23.0 Å². The number of ether oxygens (including phenoxy) is 1. The average Bonchev–Trinajstić information content (AvgIpc) is 3.23.